The van der Waals surface area contributed by atoms with Crippen LogP contribution in [-0.2, 0) is 9.53 Å². The molecule has 0 aliphatic carbocycles. The van der Waals surface area contributed by atoms with Gasteiger partial charge in [-0.05, 0) is 6.07 Å². The maximum atomic E-state index is 11.4. The van der Waals surface area contributed by atoms with E-state index >= 15 is 0 Å². The third-order valence-electron chi connectivity index (χ3n) is 1.93. The molecule has 8 heteroatoms. The van der Waals surface area contributed by atoms with E-state index in [1.54, 1.807) is 0 Å². The number of carbonyl (C=O) groups excluding carboxylic acids is 1. The number of benzene rings is 1. The molecule has 0 aromatic heterocycles. The van der Waals surface area contributed by atoms with Gasteiger partial charge in [-0.2, -0.15) is 0 Å². The Morgan fingerprint density at radius 2 is 2.28 bits per heavy atom. The van der Waals surface area contributed by atoms with Crippen molar-refractivity contribution in [2.45, 2.75) is 0 Å². The van der Waals surface area contributed by atoms with Crippen LogP contribution in [-0.4, -0.2) is 30.6 Å². The van der Waals surface area contributed by atoms with E-state index in [1.165, 1.54) is 18.2 Å². The Bertz CT molecular complexity index is 453. The maximum Gasteiger partial charge on any atom is 0.271 e. The lowest BCUT2D eigenvalue weighted by atomic mass is 10.3. The lowest BCUT2D eigenvalue weighted by Crippen LogP contribution is -2.20. The van der Waals surface area contributed by atoms with Gasteiger partial charge in [0.05, 0.1) is 22.2 Å². The van der Waals surface area contributed by atoms with E-state index < -0.39 is 10.8 Å². The van der Waals surface area contributed by atoms with Gasteiger partial charge in [0, 0.05) is 18.7 Å². The predicted octanol–water partition coefficient (Wildman–Crippen LogP) is 1.16. The number of nitro groups is 1. The first-order chi connectivity index (χ1) is 8.54. The molecule has 1 aromatic carbocycles. The molecule has 0 fully saturated rings. The van der Waals surface area contributed by atoms with Gasteiger partial charge in [0.15, 0.2) is 0 Å². The Kier molecular flexibility index (Phi) is 5.50. The average molecular weight is 274 g/mol. The van der Waals surface area contributed by atoms with Crippen molar-refractivity contribution in [3.05, 3.63) is 33.3 Å². The van der Waals surface area contributed by atoms with Crippen LogP contribution in [0.3, 0.4) is 0 Å². The van der Waals surface area contributed by atoms with E-state index in [4.69, 9.17) is 22.1 Å². The van der Waals surface area contributed by atoms with E-state index in [0.29, 0.717) is 6.54 Å². The zero-order chi connectivity index (χ0) is 13.5. The zero-order valence-electron chi connectivity index (χ0n) is 9.39. The predicted molar refractivity (Wildman–Crippen MR) is 66.6 cm³/mol. The Balaban J connectivity index is 2.68. The minimum Gasteiger partial charge on any atom is -0.370 e. The highest BCUT2D eigenvalue weighted by atomic mass is 35.5. The van der Waals surface area contributed by atoms with Crippen LogP contribution in [0, 0.1) is 10.1 Å². The van der Waals surface area contributed by atoms with Gasteiger partial charge >= 0.3 is 0 Å². The first-order valence-corrected chi connectivity index (χ1v) is 5.44. The number of nitrogens with zero attached hydrogens (tertiary/aromatic N) is 1. The molecule has 0 unspecified atom stereocenters. The summed E-state index contributed by atoms with van der Waals surface area (Å²) in [4.78, 5) is 21.4. The summed E-state index contributed by atoms with van der Waals surface area (Å²) in [5.41, 5.74) is 5.21. The molecular weight excluding hydrogens is 262 g/mol. The first-order valence-electron chi connectivity index (χ1n) is 5.06. The van der Waals surface area contributed by atoms with Crippen molar-refractivity contribution >= 4 is 28.9 Å². The van der Waals surface area contributed by atoms with Crippen LogP contribution in [0.1, 0.15) is 0 Å². The Morgan fingerprint density at radius 1 is 1.56 bits per heavy atom. The summed E-state index contributed by atoms with van der Waals surface area (Å²) in [5.74, 6) is -0.453. The van der Waals surface area contributed by atoms with Crippen molar-refractivity contribution in [1.82, 2.24) is 0 Å². The molecule has 0 atom stereocenters. The number of hydrogen-bond acceptors (Lipinski definition) is 5. The van der Waals surface area contributed by atoms with Gasteiger partial charge in [-0.15, -0.1) is 0 Å². The molecule has 98 valence electrons. The van der Waals surface area contributed by atoms with Crippen LogP contribution >= 0.6 is 11.6 Å². The second-order valence-electron chi connectivity index (χ2n) is 3.31. The molecule has 7 nitrogen and oxygen atoms in total. The molecule has 0 aliphatic heterocycles. The molecule has 0 bridgehead atoms. The number of nitrogens with two attached hydrogens (primary N) is 1. The molecule has 0 heterocycles. The Hall–Kier alpha value is -1.70. The highest BCUT2D eigenvalue weighted by Crippen LogP contribution is 2.26. The second-order valence-corrected chi connectivity index (χ2v) is 3.72. The van der Waals surface area contributed by atoms with Crippen LogP contribution in [0.2, 0.25) is 5.02 Å². The van der Waals surface area contributed by atoms with Gasteiger partial charge in [0.25, 0.3) is 5.69 Å². The SMILES string of the molecule is NCCOCC(=O)Nc1cc([N+](=O)[O-])ccc1Cl. The number of nitro benzene ring substituents is 1. The van der Waals surface area contributed by atoms with Crippen molar-refractivity contribution in [2.75, 3.05) is 25.1 Å². The Morgan fingerprint density at radius 3 is 2.89 bits per heavy atom. The number of nitrogens with one attached hydrogen (secondary N) is 1. The maximum absolute atomic E-state index is 11.4. The first kappa shape index (κ1) is 14.4. The number of halogens is 1. The minimum atomic E-state index is -0.573. The van der Waals surface area contributed by atoms with Gasteiger partial charge in [-0.1, -0.05) is 11.6 Å². The second kappa shape index (κ2) is 6.90. The zero-order valence-corrected chi connectivity index (χ0v) is 10.1. The minimum absolute atomic E-state index is 0.155. The van der Waals surface area contributed by atoms with Gasteiger partial charge in [0.1, 0.15) is 6.61 Å². The van der Waals surface area contributed by atoms with E-state index in [-0.39, 0.29) is 29.6 Å². The van der Waals surface area contributed by atoms with Crippen molar-refractivity contribution < 1.29 is 14.5 Å². The van der Waals surface area contributed by atoms with E-state index in [1.807, 2.05) is 0 Å². The van der Waals surface area contributed by atoms with Crippen LogP contribution in [0.15, 0.2) is 18.2 Å². The Labute approximate surface area is 108 Å². The fourth-order valence-corrected chi connectivity index (χ4v) is 1.32. The topological polar surface area (TPSA) is 107 Å². The fraction of sp³-hybridized carbons (Fsp3) is 0.300. The molecule has 0 radical (unpaired) electrons. The summed E-state index contributed by atoms with van der Waals surface area (Å²) in [6, 6.07) is 3.78. The highest BCUT2D eigenvalue weighted by Gasteiger charge is 2.11. The summed E-state index contributed by atoms with van der Waals surface area (Å²) >= 11 is 5.81. The number of amides is 1. The molecule has 1 aromatic rings. The molecular formula is C10H12ClN3O4. The van der Waals surface area contributed by atoms with E-state index in [9.17, 15) is 14.9 Å². The van der Waals surface area contributed by atoms with Gasteiger partial charge < -0.3 is 15.8 Å². The molecule has 0 saturated heterocycles. The van der Waals surface area contributed by atoms with E-state index in [0.717, 1.165) is 0 Å². The number of hydrogen-bond donors (Lipinski definition) is 2. The molecule has 0 aliphatic rings. The lowest BCUT2D eigenvalue weighted by Gasteiger charge is -2.07. The van der Waals surface area contributed by atoms with Crippen molar-refractivity contribution in [3.63, 3.8) is 0 Å². The van der Waals surface area contributed by atoms with E-state index in [2.05, 4.69) is 5.32 Å². The van der Waals surface area contributed by atoms with Crippen LogP contribution in [0.4, 0.5) is 11.4 Å². The van der Waals surface area contributed by atoms with Gasteiger partial charge in [0.2, 0.25) is 5.91 Å². The number of non-ortho nitro benzene ring substituents is 1. The summed E-state index contributed by atoms with van der Waals surface area (Å²) in [5, 5.41) is 13.2. The van der Waals surface area contributed by atoms with Gasteiger partial charge in [-0.25, -0.2) is 0 Å². The number of anilines is 1. The summed E-state index contributed by atoms with van der Waals surface area (Å²) in [6.07, 6.45) is 0. The number of rotatable bonds is 6. The monoisotopic (exact) mass is 273 g/mol. The summed E-state index contributed by atoms with van der Waals surface area (Å²) < 4.78 is 4.92. The normalized spacial score (nSPS) is 10.1. The van der Waals surface area contributed by atoms with Crippen molar-refractivity contribution in [3.8, 4) is 0 Å². The standard InChI is InChI=1S/C10H12ClN3O4/c11-8-2-1-7(14(16)17)5-9(8)13-10(15)6-18-4-3-12/h1-2,5H,3-4,6,12H2,(H,13,15). The average Bonchev–Trinajstić information content (AvgIpc) is 2.32. The number of carbonyl (C=O) groups is 1. The van der Waals surface area contributed by atoms with Gasteiger partial charge in [-0.3, -0.25) is 14.9 Å². The molecule has 1 amide bonds. The summed E-state index contributed by atoms with van der Waals surface area (Å²) in [6.45, 7) is 0.386. The fourth-order valence-electron chi connectivity index (χ4n) is 1.16. The molecule has 1 rings (SSSR count). The lowest BCUT2D eigenvalue weighted by molar-refractivity contribution is -0.384. The third kappa shape index (κ3) is 4.28. The molecule has 18 heavy (non-hydrogen) atoms. The van der Waals surface area contributed by atoms with Crippen LogP contribution in [0.5, 0.6) is 0 Å². The largest absolute Gasteiger partial charge is 0.370 e. The van der Waals surface area contributed by atoms with Crippen molar-refractivity contribution in [2.24, 2.45) is 5.73 Å². The third-order valence-corrected chi connectivity index (χ3v) is 2.26. The van der Waals surface area contributed by atoms with Crippen LogP contribution in [0.25, 0.3) is 0 Å². The quantitative estimate of drug-likeness (QED) is 0.459. The molecule has 0 saturated carbocycles. The van der Waals surface area contributed by atoms with Crippen molar-refractivity contribution in [1.29, 1.82) is 0 Å². The van der Waals surface area contributed by atoms with Crippen LogP contribution < -0.4 is 11.1 Å². The molecule has 3 N–H and O–H groups in total. The summed E-state index contributed by atoms with van der Waals surface area (Å²) in [7, 11) is 0. The smallest absolute Gasteiger partial charge is 0.271 e. The highest BCUT2D eigenvalue weighted by molar-refractivity contribution is 6.33. The molecule has 0 spiro atoms. The number of ether oxygens (including phenoxy) is 1.